The molecule has 0 radical (unpaired) electrons. The van der Waals surface area contributed by atoms with Crippen LogP contribution in [0.5, 0.6) is 0 Å². The number of carbonyl (C=O) groups excluding carboxylic acids is 1. The van der Waals surface area contributed by atoms with E-state index in [1.807, 2.05) is 85.4 Å². The summed E-state index contributed by atoms with van der Waals surface area (Å²) in [6.45, 7) is 18.3. The van der Waals surface area contributed by atoms with E-state index < -0.39 is 7.12 Å². The van der Waals surface area contributed by atoms with Gasteiger partial charge in [-0.05, 0) is 79.4 Å². The number of rotatable bonds is 4. The Morgan fingerprint density at radius 3 is 1.88 bits per heavy atom. The van der Waals surface area contributed by atoms with Crippen LogP contribution < -0.4 is 5.46 Å². The smallest absolute Gasteiger partial charge is 0.399 e. The van der Waals surface area contributed by atoms with Gasteiger partial charge in [0.25, 0.3) is 5.91 Å². The van der Waals surface area contributed by atoms with Crippen molar-refractivity contribution in [2.45, 2.75) is 85.6 Å². The average molecular weight is 345 g/mol. The predicted molar refractivity (Wildman–Crippen MR) is 103 cm³/mol. The third-order valence-corrected chi connectivity index (χ3v) is 5.35. The standard InChI is InChI=1S/C20H32BNO3/c1-13(2)22(14(3)4)18(23)17-11-10-16(12-15(17)5)21-24-19(6,7)20(8,9)25-21/h10-14H,1-9H3. The molecule has 0 aliphatic carbocycles. The fraction of sp³-hybridized carbons (Fsp3) is 0.650. The average Bonchev–Trinajstić information content (AvgIpc) is 2.66. The number of carbonyl (C=O) groups is 1. The molecule has 1 heterocycles. The molecule has 138 valence electrons. The van der Waals surface area contributed by atoms with Crippen molar-refractivity contribution in [2.75, 3.05) is 0 Å². The number of hydrogen-bond acceptors (Lipinski definition) is 3. The zero-order valence-electron chi connectivity index (χ0n) is 17.1. The zero-order chi connectivity index (χ0) is 19.2. The molecule has 1 aromatic rings. The van der Waals surface area contributed by atoms with E-state index >= 15 is 0 Å². The minimum absolute atomic E-state index is 0.0722. The van der Waals surface area contributed by atoms with E-state index in [1.54, 1.807) is 0 Å². The van der Waals surface area contributed by atoms with Gasteiger partial charge in [0, 0.05) is 17.6 Å². The molecule has 0 bridgehead atoms. The second-order valence-electron chi connectivity index (χ2n) is 8.56. The van der Waals surface area contributed by atoms with Crippen LogP contribution in [0.3, 0.4) is 0 Å². The molecule has 1 aliphatic rings. The summed E-state index contributed by atoms with van der Waals surface area (Å²) in [7, 11) is -0.404. The molecule has 1 aliphatic heterocycles. The fourth-order valence-electron chi connectivity index (χ4n) is 3.26. The SMILES string of the molecule is Cc1cc(B2OC(C)(C)C(C)(C)O2)ccc1C(=O)N(C(C)C)C(C)C. The quantitative estimate of drug-likeness (QED) is 0.784. The minimum atomic E-state index is -0.404. The van der Waals surface area contributed by atoms with Crippen LogP contribution >= 0.6 is 0 Å². The maximum absolute atomic E-state index is 13.0. The second-order valence-corrected chi connectivity index (χ2v) is 8.56. The zero-order valence-corrected chi connectivity index (χ0v) is 17.1. The maximum atomic E-state index is 13.0. The van der Waals surface area contributed by atoms with E-state index in [-0.39, 0.29) is 29.2 Å². The Hall–Kier alpha value is -1.33. The third kappa shape index (κ3) is 3.77. The van der Waals surface area contributed by atoms with Crippen molar-refractivity contribution in [3.63, 3.8) is 0 Å². The predicted octanol–water partition coefficient (Wildman–Crippen LogP) is 3.55. The summed E-state index contributed by atoms with van der Waals surface area (Å²) >= 11 is 0. The Morgan fingerprint density at radius 2 is 1.48 bits per heavy atom. The van der Waals surface area contributed by atoms with Gasteiger partial charge in [-0.2, -0.15) is 0 Å². The summed E-state index contributed by atoms with van der Waals surface area (Å²) in [6.07, 6.45) is 0. The summed E-state index contributed by atoms with van der Waals surface area (Å²) in [5.41, 5.74) is 1.90. The summed E-state index contributed by atoms with van der Waals surface area (Å²) in [6, 6.07) is 6.18. The lowest BCUT2D eigenvalue weighted by Gasteiger charge is -2.32. The molecule has 1 amide bonds. The Bertz CT molecular complexity index is 628. The number of nitrogens with zero attached hydrogens (tertiary/aromatic N) is 1. The molecule has 1 aromatic carbocycles. The van der Waals surface area contributed by atoms with Gasteiger partial charge in [0.1, 0.15) is 0 Å². The molecule has 0 N–H and O–H groups in total. The third-order valence-electron chi connectivity index (χ3n) is 5.35. The van der Waals surface area contributed by atoms with E-state index in [0.29, 0.717) is 0 Å². The van der Waals surface area contributed by atoms with Gasteiger partial charge in [-0.1, -0.05) is 12.1 Å². The molecular weight excluding hydrogens is 313 g/mol. The van der Waals surface area contributed by atoms with Crippen LogP contribution in [0, 0.1) is 6.92 Å². The highest BCUT2D eigenvalue weighted by molar-refractivity contribution is 6.62. The molecule has 0 aromatic heterocycles. The Labute approximate surface area is 153 Å². The molecule has 25 heavy (non-hydrogen) atoms. The molecule has 0 spiro atoms. The summed E-state index contributed by atoms with van der Waals surface area (Å²) in [4.78, 5) is 14.9. The molecule has 4 nitrogen and oxygen atoms in total. The second kappa shape index (κ2) is 6.77. The van der Waals surface area contributed by atoms with Crippen molar-refractivity contribution in [3.05, 3.63) is 29.3 Å². The lowest BCUT2D eigenvalue weighted by Crippen LogP contribution is -2.42. The fourth-order valence-corrected chi connectivity index (χ4v) is 3.26. The highest BCUT2D eigenvalue weighted by Crippen LogP contribution is 2.36. The Kier molecular flexibility index (Phi) is 5.41. The number of benzene rings is 1. The van der Waals surface area contributed by atoms with Gasteiger partial charge in [0.05, 0.1) is 11.2 Å². The van der Waals surface area contributed by atoms with E-state index in [9.17, 15) is 4.79 Å². The van der Waals surface area contributed by atoms with E-state index in [1.165, 1.54) is 0 Å². The Morgan fingerprint density at radius 1 is 1.00 bits per heavy atom. The van der Waals surface area contributed by atoms with Crippen molar-refractivity contribution >= 4 is 18.5 Å². The van der Waals surface area contributed by atoms with Gasteiger partial charge in [-0.15, -0.1) is 0 Å². The largest absolute Gasteiger partial charge is 0.494 e. The molecule has 2 rings (SSSR count). The van der Waals surface area contributed by atoms with Crippen LogP contribution in [-0.2, 0) is 9.31 Å². The minimum Gasteiger partial charge on any atom is -0.399 e. The molecule has 0 atom stereocenters. The number of aryl methyl sites for hydroxylation is 1. The highest BCUT2D eigenvalue weighted by Gasteiger charge is 2.51. The van der Waals surface area contributed by atoms with E-state index in [2.05, 4.69) is 0 Å². The van der Waals surface area contributed by atoms with Crippen LogP contribution in [-0.4, -0.2) is 41.2 Å². The molecule has 1 saturated heterocycles. The molecular formula is C20H32BNO3. The first kappa shape index (κ1) is 20.0. The lowest BCUT2D eigenvalue weighted by molar-refractivity contribution is 0.00578. The van der Waals surface area contributed by atoms with E-state index in [4.69, 9.17) is 9.31 Å². The van der Waals surface area contributed by atoms with Crippen LogP contribution in [0.2, 0.25) is 0 Å². The van der Waals surface area contributed by atoms with Gasteiger partial charge in [0.15, 0.2) is 0 Å². The van der Waals surface area contributed by atoms with E-state index in [0.717, 1.165) is 16.6 Å². The first-order chi connectivity index (χ1) is 11.4. The van der Waals surface area contributed by atoms with Crippen molar-refractivity contribution in [1.82, 2.24) is 4.90 Å². The molecule has 5 heteroatoms. The molecule has 0 unspecified atom stereocenters. The van der Waals surface area contributed by atoms with Gasteiger partial charge in [0.2, 0.25) is 0 Å². The summed E-state index contributed by atoms with van der Waals surface area (Å²) in [5.74, 6) is 0.0722. The van der Waals surface area contributed by atoms with Gasteiger partial charge >= 0.3 is 7.12 Å². The van der Waals surface area contributed by atoms with Crippen LogP contribution in [0.15, 0.2) is 18.2 Å². The number of amides is 1. The van der Waals surface area contributed by atoms with Crippen molar-refractivity contribution in [1.29, 1.82) is 0 Å². The van der Waals surface area contributed by atoms with Gasteiger partial charge in [-0.25, -0.2) is 0 Å². The summed E-state index contributed by atoms with van der Waals surface area (Å²) < 4.78 is 12.2. The lowest BCUT2D eigenvalue weighted by atomic mass is 9.77. The topological polar surface area (TPSA) is 38.8 Å². The van der Waals surface area contributed by atoms with Crippen molar-refractivity contribution in [2.24, 2.45) is 0 Å². The van der Waals surface area contributed by atoms with Crippen LogP contribution in [0.4, 0.5) is 0 Å². The molecule has 0 saturated carbocycles. The van der Waals surface area contributed by atoms with Crippen LogP contribution in [0.25, 0.3) is 0 Å². The maximum Gasteiger partial charge on any atom is 0.494 e. The van der Waals surface area contributed by atoms with Gasteiger partial charge in [-0.3, -0.25) is 4.79 Å². The van der Waals surface area contributed by atoms with Crippen molar-refractivity contribution in [3.8, 4) is 0 Å². The molecule has 1 fully saturated rings. The normalized spacial score (nSPS) is 18.9. The van der Waals surface area contributed by atoms with Gasteiger partial charge < -0.3 is 14.2 Å². The first-order valence-electron chi connectivity index (χ1n) is 9.16. The Balaban J connectivity index is 2.29. The number of hydrogen-bond donors (Lipinski definition) is 0. The monoisotopic (exact) mass is 345 g/mol. The van der Waals surface area contributed by atoms with Crippen LogP contribution in [0.1, 0.15) is 71.3 Å². The highest BCUT2D eigenvalue weighted by atomic mass is 16.7. The van der Waals surface area contributed by atoms with Crippen molar-refractivity contribution < 1.29 is 14.1 Å². The summed E-state index contributed by atoms with van der Waals surface area (Å²) in [5, 5.41) is 0. The first-order valence-corrected chi connectivity index (χ1v) is 9.16.